The number of rotatable bonds is 4. The summed E-state index contributed by atoms with van der Waals surface area (Å²) >= 11 is 1.70. The summed E-state index contributed by atoms with van der Waals surface area (Å²) in [7, 11) is 0. The molecule has 3 rings (SSSR count). The molecule has 0 fully saturated rings. The first-order chi connectivity index (χ1) is 9.86. The molecule has 0 aliphatic carbocycles. The molecule has 4 nitrogen and oxygen atoms in total. The van der Waals surface area contributed by atoms with Gasteiger partial charge in [0.25, 0.3) is 0 Å². The maximum atomic E-state index is 5.57. The minimum Gasteiger partial charge on any atom is -0.330 e. The number of benzene rings is 1. The summed E-state index contributed by atoms with van der Waals surface area (Å²) < 4.78 is 2.28. The van der Waals surface area contributed by atoms with Crippen LogP contribution in [0.5, 0.6) is 0 Å². The Morgan fingerprint density at radius 3 is 2.75 bits per heavy atom. The third-order valence-electron chi connectivity index (χ3n) is 3.64. The van der Waals surface area contributed by atoms with Crippen LogP contribution in [-0.2, 0) is 19.4 Å². The zero-order valence-corrected chi connectivity index (χ0v) is 12.4. The number of aromatic nitrogens is 3. The smallest absolute Gasteiger partial charge is 0.196 e. The highest BCUT2D eigenvalue weighted by Gasteiger charge is 2.15. The molecule has 0 spiro atoms. The molecule has 1 aromatic carbocycles. The molecule has 2 heterocycles. The second-order valence-electron chi connectivity index (χ2n) is 5.15. The van der Waals surface area contributed by atoms with Crippen molar-refractivity contribution in [2.75, 3.05) is 6.54 Å². The van der Waals surface area contributed by atoms with E-state index in [9.17, 15) is 0 Å². The Hall–Kier alpha value is -1.33. The van der Waals surface area contributed by atoms with Crippen LogP contribution in [0.25, 0.3) is 0 Å². The van der Waals surface area contributed by atoms with Crippen LogP contribution >= 0.6 is 11.8 Å². The van der Waals surface area contributed by atoms with E-state index < -0.39 is 0 Å². The Morgan fingerprint density at radius 1 is 1.10 bits per heavy atom. The first-order valence-corrected chi connectivity index (χ1v) is 8.07. The Bertz CT molecular complexity index is 562. The van der Waals surface area contributed by atoms with Gasteiger partial charge in [-0.05, 0) is 55.3 Å². The maximum absolute atomic E-state index is 5.57. The Labute approximate surface area is 123 Å². The fourth-order valence-corrected chi connectivity index (χ4v) is 3.40. The summed E-state index contributed by atoms with van der Waals surface area (Å²) in [6.07, 6.45) is 5.75. The zero-order valence-electron chi connectivity index (χ0n) is 11.6. The van der Waals surface area contributed by atoms with E-state index in [-0.39, 0.29) is 0 Å². The standard InChI is InChI=1S/C15H20N4S/c16-10-9-12-5-7-13(8-6-12)20-15-18-17-14-4-2-1-3-11-19(14)15/h5-8H,1-4,9-11,16H2. The van der Waals surface area contributed by atoms with Crippen molar-refractivity contribution in [2.45, 2.75) is 48.7 Å². The highest BCUT2D eigenvalue weighted by molar-refractivity contribution is 7.99. The van der Waals surface area contributed by atoms with Gasteiger partial charge in [-0.25, -0.2) is 0 Å². The first kappa shape index (κ1) is 13.6. The van der Waals surface area contributed by atoms with Gasteiger partial charge in [0.15, 0.2) is 5.16 Å². The average molecular weight is 288 g/mol. The molecule has 1 aliphatic heterocycles. The van der Waals surface area contributed by atoms with Crippen molar-refractivity contribution >= 4 is 11.8 Å². The molecule has 0 amide bonds. The third kappa shape index (κ3) is 3.04. The topological polar surface area (TPSA) is 56.7 Å². The van der Waals surface area contributed by atoms with E-state index in [1.54, 1.807) is 11.8 Å². The highest BCUT2D eigenvalue weighted by Crippen LogP contribution is 2.28. The second-order valence-corrected chi connectivity index (χ2v) is 6.19. The fraction of sp³-hybridized carbons (Fsp3) is 0.467. The molecule has 0 atom stereocenters. The van der Waals surface area contributed by atoms with Gasteiger partial charge in [0.1, 0.15) is 5.82 Å². The third-order valence-corrected chi connectivity index (χ3v) is 4.63. The molecule has 5 heteroatoms. The second kappa shape index (κ2) is 6.41. The van der Waals surface area contributed by atoms with E-state index in [0.717, 1.165) is 30.4 Å². The van der Waals surface area contributed by atoms with Crippen LogP contribution in [0.15, 0.2) is 34.3 Å². The highest BCUT2D eigenvalue weighted by atomic mass is 32.2. The van der Waals surface area contributed by atoms with Crippen LogP contribution in [0.3, 0.4) is 0 Å². The van der Waals surface area contributed by atoms with Gasteiger partial charge in [-0.15, -0.1) is 10.2 Å². The van der Waals surface area contributed by atoms with Gasteiger partial charge in [0.05, 0.1) is 0 Å². The van der Waals surface area contributed by atoms with Crippen LogP contribution in [0, 0.1) is 0 Å². The van der Waals surface area contributed by atoms with E-state index >= 15 is 0 Å². The van der Waals surface area contributed by atoms with Crippen molar-refractivity contribution < 1.29 is 0 Å². The van der Waals surface area contributed by atoms with Crippen molar-refractivity contribution in [3.05, 3.63) is 35.7 Å². The fourth-order valence-electron chi connectivity index (χ4n) is 2.53. The van der Waals surface area contributed by atoms with Crippen LogP contribution < -0.4 is 5.73 Å². The molecule has 0 radical (unpaired) electrons. The largest absolute Gasteiger partial charge is 0.330 e. The Morgan fingerprint density at radius 2 is 1.95 bits per heavy atom. The lowest BCUT2D eigenvalue weighted by Crippen LogP contribution is -2.02. The lowest BCUT2D eigenvalue weighted by atomic mass is 10.2. The molecule has 106 valence electrons. The summed E-state index contributed by atoms with van der Waals surface area (Å²) in [5, 5.41) is 9.71. The number of nitrogens with zero attached hydrogens (tertiary/aromatic N) is 3. The van der Waals surface area contributed by atoms with Crippen molar-refractivity contribution in [1.29, 1.82) is 0 Å². The first-order valence-electron chi connectivity index (χ1n) is 7.26. The summed E-state index contributed by atoms with van der Waals surface area (Å²) in [5.41, 5.74) is 6.86. The number of hydrogen-bond donors (Lipinski definition) is 1. The van der Waals surface area contributed by atoms with Crippen LogP contribution in [-0.4, -0.2) is 21.3 Å². The van der Waals surface area contributed by atoms with Crippen LogP contribution in [0.1, 0.15) is 30.7 Å². The van der Waals surface area contributed by atoms with Crippen LogP contribution in [0.4, 0.5) is 0 Å². The van der Waals surface area contributed by atoms with E-state index in [0.29, 0.717) is 6.54 Å². The van der Waals surface area contributed by atoms with Gasteiger partial charge >= 0.3 is 0 Å². The summed E-state index contributed by atoms with van der Waals surface area (Å²) in [4.78, 5) is 1.21. The van der Waals surface area contributed by atoms with Gasteiger partial charge in [-0.1, -0.05) is 18.6 Å². The predicted molar refractivity (Wildman–Crippen MR) is 80.9 cm³/mol. The molecule has 2 aromatic rings. The van der Waals surface area contributed by atoms with Crippen molar-refractivity contribution in [3.63, 3.8) is 0 Å². The minimum atomic E-state index is 0.699. The van der Waals surface area contributed by atoms with Gasteiger partial charge in [0, 0.05) is 17.9 Å². The Kier molecular flexibility index (Phi) is 4.38. The average Bonchev–Trinajstić information content (AvgIpc) is 2.70. The van der Waals surface area contributed by atoms with E-state index in [2.05, 4.69) is 39.0 Å². The van der Waals surface area contributed by atoms with Crippen molar-refractivity contribution in [2.24, 2.45) is 5.73 Å². The SMILES string of the molecule is NCCc1ccc(Sc2nnc3n2CCCCC3)cc1. The van der Waals surface area contributed by atoms with Crippen molar-refractivity contribution in [1.82, 2.24) is 14.8 Å². The monoisotopic (exact) mass is 288 g/mol. The lowest BCUT2D eigenvalue weighted by Gasteiger charge is -2.06. The molecule has 0 unspecified atom stereocenters. The molecule has 0 saturated heterocycles. The summed E-state index contributed by atoms with van der Waals surface area (Å²) in [6.45, 7) is 1.75. The number of fused-ring (bicyclic) bond motifs is 1. The molecule has 1 aromatic heterocycles. The van der Waals surface area contributed by atoms with Gasteiger partial charge in [-0.3, -0.25) is 0 Å². The zero-order chi connectivity index (χ0) is 13.8. The number of nitrogens with two attached hydrogens (primary N) is 1. The lowest BCUT2D eigenvalue weighted by molar-refractivity contribution is 0.591. The predicted octanol–water partition coefficient (Wildman–Crippen LogP) is 2.66. The number of hydrogen-bond acceptors (Lipinski definition) is 4. The van der Waals surface area contributed by atoms with Crippen LogP contribution in [0.2, 0.25) is 0 Å². The minimum absolute atomic E-state index is 0.699. The van der Waals surface area contributed by atoms with E-state index in [4.69, 9.17) is 5.73 Å². The molecule has 0 saturated carbocycles. The molecule has 1 aliphatic rings. The van der Waals surface area contributed by atoms with Gasteiger partial charge < -0.3 is 10.3 Å². The molecular formula is C15H20N4S. The van der Waals surface area contributed by atoms with Crippen molar-refractivity contribution in [3.8, 4) is 0 Å². The number of aryl methyl sites for hydroxylation is 1. The quantitative estimate of drug-likeness (QED) is 0.939. The van der Waals surface area contributed by atoms with Gasteiger partial charge in [0.2, 0.25) is 0 Å². The summed E-state index contributed by atoms with van der Waals surface area (Å²) in [6, 6.07) is 8.59. The van der Waals surface area contributed by atoms with Gasteiger partial charge in [-0.2, -0.15) is 0 Å². The Balaban J connectivity index is 1.76. The maximum Gasteiger partial charge on any atom is 0.196 e. The van der Waals surface area contributed by atoms with E-state index in [1.165, 1.54) is 29.7 Å². The normalized spacial score (nSPS) is 14.8. The summed E-state index contributed by atoms with van der Waals surface area (Å²) in [5.74, 6) is 1.14. The molecule has 2 N–H and O–H groups in total. The van der Waals surface area contributed by atoms with E-state index in [1.807, 2.05) is 0 Å². The molecular weight excluding hydrogens is 268 g/mol. The molecule has 20 heavy (non-hydrogen) atoms. The molecule has 0 bridgehead atoms.